The predicted octanol–water partition coefficient (Wildman–Crippen LogP) is 1.13. The highest BCUT2D eigenvalue weighted by molar-refractivity contribution is 5.98. The summed E-state index contributed by atoms with van der Waals surface area (Å²) in [5.74, 6) is 1.36. The number of pyridine rings is 1. The average molecular weight is 330 g/mol. The quantitative estimate of drug-likeness (QED) is 0.877. The Hall–Kier alpha value is -1.66. The summed E-state index contributed by atoms with van der Waals surface area (Å²) >= 11 is 0. The summed E-state index contributed by atoms with van der Waals surface area (Å²) in [5, 5.41) is 3.14. The normalized spacial score (nSPS) is 25.0. The molecule has 1 aromatic heterocycles. The number of nitrogens with zero attached hydrogens (tertiary/aromatic N) is 3. The molecule has 1 atom stereocenters. The third-order valence-corrected chi connectivity index (χ3v) is 5.27. The smallest absolute Gasteiger partial charge is 0.255 e. The van der Waals surface area contributed by atoms with Crippen molar-refractivity contribution in [3.63, 3.8) is 0 Å². The van der Waals surface area contributed by atoms with Gasteiger partial charge in [-0.15, -0.1) is 0 Å². The first kappa shape index (κ1) is 15.8. The first-order valence-corrected chi connectivity index (χ1v) is 9.11. The van der Waals surface area contributed by atoms with Crippen molar-refractivity contribution in [3.8, 4) is 0 Å². The van der Waals surface area contributed by atoms with Crippen LogP contribution < -0.4 is 10.2 Å². The lowest BCUT2D eigenvalue weighted by Crippen LogP contribution is -2.39. The summed E-state index contributed by atoms with van der Waals surface area (Å²) in [6.07, 6.45) is 5.67. The summed E-state index contributed by atoms with van der Waals surface area (Å²) in [5.41, 5.74) is 0.677. The molecular weight excluding hydrogens is 304 g/mol. The fourth-order valence-electron chi connectivity index (χ4n) is 3.73. The van der Waals surface area contributed by atoms with Gasteiger partial charge >= 0.3 is 0 Å². The van der Waals surface area contributed by atoms with Gasteiger partial charge in [-0.25, -0.2) is 4.98 Å². The standard InChI is InChI=1S/C18H26N4O2/c23-18(20-12-14-5-7-22(13-14)15-3-4-15)16-2-1-6-19-17(16)21-8-10-24-11-9-21/h1-2,6,14-15H,3-5,7-13H2,(H,20,23). The summed E-state index contributed by atoms with van der Waals surface area (Å²) < 4.78 is 5.40. The first-order valence-electron chi connectivity index (χ1n) is 9.11. The minimum absolute atomic E-state index is 0.00513. The number of nitrogens with one attached hydrogen (secondary N) is 1. The molecule has 0 radical (unpaired) electrons. The molecule has 0 bridgehead atoms. The van der Waals surface area contributed by atoms with Gasteiger partial charge < -0.3 is 19.9 Å². The van der Waals surface area contributed by atoms with Crippen molar-refractivity contribution in [3.05, 3.63) is 23.9 Å². The number of rotatable bonds is 5. The lowest BCUT2D eigenvalue weighted by Gasteiger charge is -2.29. The number of anilines is 1. The van der Waals surface area contributed by atoms with E-state index in [2.05, 4.69) is 20.1 Å². The van der Waals surface area contributed by atoms with Crippen LogP contribution in [0.3, 0.4) is 0 Å². The van der Waals surface area contributed by atoms with Gasteiger partial charge in [0, 0.05) is 38.4 Å². The van der Waals surface area contributed by atoms with E-state index < -0.39 is 0 Å². The van der Waals surface area contributed by atoms with Gasteiger partial charge in [0.25, 0.3) is 5.91 Å². The zero-order valence-electron chi connectivity index (χ0n) is 14.1. The first-order chi connectivity index (χ1) is 11.8. The largest absolute Gasteiger partial charge is 0.378 e. The van der Waals surface area contributed by atoms with Gasteiger partial charge in [0.2, 0.25) is 0 Å². The van der Waals surface area contributed by atoms with Crippen LogP contribution in [0, 0.1) is 5.92 Å². The van der Waals surface area contributed by atoms with Gasteiger partial charge in [0.15, 0.2) is 0 Å². The summed E-state index contributed by atoms with van der Waals surface area (Å²) in [7, 11) is 0. The molecule has 3 heterocycles. The van der Waals surface area contributed by atoms with Crippen molar-refractivity contribution in [2.24, 2.45) is 5.92 Å². The van der Waals surface area contributed by atoms with E-state index in [-0.39, 0.29) is 5.91 Å². The molecule has 1 unspecified atom stereocenters. The SMILES string of the molecule is O=C(NCC1CCN(C2CC2)C1)c1cccnc1N1CCOCC1. The Morgan fingerprint density at radius 2 is 2.08 bits per heavy atom. The van der Waals surface area contributed by atoms with Crippen LogP contribution in [0.25, 0.3) is 0 Å². The number of carbonyl (C=O) groups excluding carboxylic acids is 1. The number of likely N-dealkylation sites (tertiary alicyclic amines) is 1. The maximum Gasteiger partial charge on any atom is 0.255 e. The van der Waals surface area contributed by atoms with E-state index in [4.69, 9.17) is 4.74 Å². The second-order valence-electron chi connectivity index (χ2n) is 7.06. The maximum atomic E-state index is 12.7. The molecule has 1 saturated carbocycles. The third kappa shape index (κ3) is 3.54. The maximum absolute atomic E-state index is 12.7. The zero-order valence-corrected chi connectivity index (χ0v) is 14.1. The zero-order chi connectivity index (χ0) is 16.4. The van der Waals surface area contributed by atoms with Gasteiger partial charge in [-0.05, 0) is 43.9 Å². The van der Waals surface area contributed by atoms with Crippen LogP contribution in [0.1, 0.15) is 29.6 Å². The minimum Gasteiger partial charge on any atom is -0.378 e. The number of hydrogen-bond donors (Lipinski definition) is 1. The second kappa shape index (κ2) is 7.07. The van der Waals surface area contributed by atoms with Crippen molar-refractivity contribution < 1.29 is 9.53 Å². The summed E-state index contributed by atoms with van der Waals surface area (Å²) in [6.45, 7) is 6.05. The van der Waals surface area contributed by atoms with E-state index in [0.29, 0.717) is 24.7 Å². The molecule has 3 aliphatic rings. The monoisotopic (exact) mass is 330 g/mol. The van der Waals surface area contributed by atoms with Crippen molar-refractivity contribution in [1.82, 2.24) is 15.2 Å². The van der Waals surface area contributed by atoms with Crippen LogP contribution in [-0.2, 0) is 4.74 Å². The van der Waals surface area contributed by atoms with Crippen LogP contribution in [0.15, 0.2) is 18.3 Å². The van der Waals surface area contributed by atoms with Gasteiger partial charge in [-0.2, -0.15) is 0 Å². The molecule has 1 aliphatic carbocycles. The van der Waals surface area contributed by atoms with Crippen LogP contribution in [0.2, 0.25) is 0 Å². The Balaban J connectivity index is 1.35. The molecule has 130 valence electrons. The summed E-state index contributed by atoms with van der Waals surface area (Å²) in [4.78, 5) is 21.8. The molecule has 0 spiro atoms. The predicted molar refractivity (Wildman–Crippen MR) is 92.3 cm³/mol. The van der Waals surface area contributed by atoms with Crippen LogP contribution in [0.5, 0.6) is 0 Å². The molecule has 4 rings (SSSR count). The Bertz CT molecular complexity index is 584. The molecule has 2 saturated heterocycles. The molecule has 2 aliphatic heterocycles. The van der Waals surface area contributed by atoms with E-state index in [1.165, 1.54) is 25.8 Å². The molecule has 6 nitrogen and oxygen atoms in total. The van der Waals surface area contributed by atoms with E-state index >= 15 is 0 Å². The van der Waals surface area contributed by atoms with E-state index in [0.717, 1.165) is 38.0 Å². The van der Waals surface area contributed by atoms with Crippen LogP contribution in [0.4, 0.5) is 5.82 Å². The molecule has 3 fully saturated rings. The van der Waals surface area contributed by atoms with Gasteiger partial charge in [-0.1, -0.05) is 0 Å². The highest BCUT2D eigenvalue weighted by Gasteiger charge is 2.34. The van der Waals surface area contributed by atoms with Crippen LogP contribution >= 0.6 is 0 Å². The average Bonchev–Trinajstić information content (AvgIpc) is 3.39. The number of morpholine rings is 1. The summed E-state index contributed by atoms with van der Waals surface area (Å²) in [6, 6.07) is 4.54. The van der Waals surface area contributed by atoms with Crippen molar-refractivity contribution in [2.75, 3.05) is 50.8 Å². The fourth-order valence-corrected chi connectivity index (χ4v) is 3.73. The highest BCUT2D eigenvalue weighted by Crippen LogP contribution is 2.31. The number of amides is 1. The molecule has 1 aromatic rings. The number of ether oxygens (including phenoxy) is 1. The van der Waals surface area contributed by atoms with Gasteiger partial charge in [0.1, 0.15) is 5.82 Å². The van der Waals surface area contributed by atoms with E-state index in [1.54, 1.807) is 6.20 Å². The Labute approximate surface area is 143 Å². The molecule has 1 N–H and O–H groups in total. The van der Waals surface area contributed by atoms with E-state index in [9.17, 15) is 4.79 Å². The second-order valence-corrected chi connectivity index (χ2v) is 7.06. The van der Waals surface area contributed by atoms with Crippen LogP contribution in [-0.4, -0.2) is 67.8 Å². The van der Waals surface area contributed by atoms with E-state index in [1.807, 2.05) is 12.1 Å². The lowest BCUT2D eigenvalue weighted by molar-refractivity contribution is 0.0945. The highest BCUT2D eigenvalue weighted by atomic mass is 16.5. The van der Waals surface area contributed by atoms with Gasteiger partial charge in [0.05, 0.1) is 18.8 Å². The molecule has 0 aromatic carbocycles. The lowest BCUT2D eigenvalue weighted by atomic mass is 10.1. The van der Waals surface area contributed by atoms with Crippen molar-refractivity contribution in [1.29, 1.82) is 0 Å². The van der Waals surface area contributed by atoms with Gasteiger partial charge in [-0.3, -0.25) is 4.79 Å². The number of hydrogen-bond acceptors (Lipinski definition) is 5. The molecular formula is C18H26N4O2. The van der Waals surface area contributed by atoms with Crippen molar-refractivity contribution in [2.45, 2.75) is 25.3 Å². The third-order valence-electron chi connectivity index (χ3n) is 5.27. The molecule has 24 heavy (non-hydrogen) atoms. The Kier molecular flexibility index (Phi) is 4.67. The Morgan fingerprint density at radius 3 is 2.88 bits per heavy atom. The minimum atomic E-state index is -0.00513. The number of carbonyl (C=O) groups is 1. The Morgan fingerprint density at radius 1 is 1.25 bits per heavy atom. The topological polar surface area (TPSA) is 57.7 Å². The fraction of sp³-hybridized carbons (Fsp3) is 0.667. The number of aromatic nitrogens is 1. The van der Waals surface area contributed by atoms with Crippen molar-refractivity contribution >= 4 is 11.7 Å². The molecule has 1 amide bonds. The molecule has 6 heteroatoms.